The third-order valence-electron chi connectivity index (χ3n) is 4.96. The number of carbonyl (C=O) groups is 1. The van der Waals surface area contributed by atoms with Gasteiger partial charge in [-0.2, -0.15) is 5.10 Å². The Morgan fingerprint density at radius 2 is 1.79 bits per heavy atom. The summed E-state index contributed by atoms with van der Waals surface area (Å²) < 4.78 is 0. The molecule has 1 aliphatic rings. The van der Waals surface area contributed by atoms with Crippen molar-refractivity contribution in [1.29, 1.82) is 0 Å². The molecule has 0 bridgehead atoms. The molecular formula is C21H24N6O. The SMILES string of the molecule is O=C(NCc1nc(-c2ccncc2)n[nH]1)c1ccc(CN2CCCCC2)cc1. The van der Waals surface area contributed by atoms with E-state index in [1.165, 1.54) is 37.9 Å². The Morgan fingerprint density at radius 3 is 2.54 bits per heavy atom. The van der Waals surface area contributed by atoms with Crippen molar-refractivity contribution in [1.82, 2.24) is 30.4 Å². The largest absolute Gasteiger partial charge is 0.345 e. The van der Waals surface area contributed by atoms with Crippen LogP contribution in [0.25, 0.3) is 11.4 Å². The van der Waals surface area contributed by atoms with Crippen LogP contribution in [0, 0.1) is 0 Å². The number of rotatable bonds is 6. The van der Waals surface area contributed by atoms with E-state index < -0.39 is 0 Å². The number of piperidine rings is 1. The summed E-state index contributed by atoms with van der Waals surface area (Å²) >= 11 is 0. The number of aromatic amines is 1. The third-order valence-corrected chi connectivity index (χ3v) is 4.96. The molecule has 2 N–H and O–H groups in total. The maximum atomic E-state index is 12.4. The molecule has 0 spiro atoms. The number of amides is 1. The van der Waals surface area contributed by atoms with Crippen molar-refractivity contribution in [2.75, 3.05) is 13.1 Å². The summed E-state index contributed by atoms with van der Waals surface area (Å²) in [5.74, 6) is 1.09. The van der Waals surface area contributed by atoms with Crippen LogP contribution in [0.15, 0.2) is 48.8 Å². The zero-order valence-corrected chi connectivity index (χ0v) is 15.8. The summed E-state index contributed by atoms with van der Waals surface area (Å²) in [6.45, 7) is 3.59. The molecule has 0 saturated carbocycles. The van der Waals surface area contributed by atoms with Crippen LogP contribution in [-0.2, 0) is 13.1 Å². The minimum Gasteiger partial charge on any atom is -0.345 e. The quantitative estimate of drug-likeness (QED) is 0.691. The van der Waals surface area contributed by atoms with Crippen molar-refractivity contribution < 1.29 is 4.79 Å². The Hall–Kier alpha value is -3.06. The molecule has 28 heavy (non-hydrogen) atoms. The number of hydrogen-bond acceptors (Lipinski definition) is 5. The Labute approximate surface area is 164 Å². The van der Waals surface area contributed by atoms with Crippen molar-refractivity contribution in [3.63, 3.8) is 0 Å². The molecular weight excluding hydrogens is 352 g/mol. The molecule has 0 radical (unpaired) electrons. The van der Waals surface area contributed by atoms with Crippen LogP contribution >= 0.6 is 0 Å². The van der Waals surface area contributed by atoms with Crippen molar-refractivity contribution >= 4 is 5.91 Å². The van der Waals surface area contributed by atoms with Gasteiger partial charge in [-0.3, -0.25) is 19.8 Å². The first-order chi connectivity index (χ1) is 13.8. The lowest BCUT2D eigenvalue weighted by atomic mass is 10.1. The van der Waals surface area contributed by atoms with Gasteiger partial charge >= 0.3 is 0 Å². The summed E-state index contributed by atoms with van der Waals surface area (Å²) in [7, 11) is 0. The fourth-order valence-electron chi connectivity index (χ4n) is 3.41. The molecule has 1 fully saturated rings. The van der Waals surface area contributed by atoms with Crippen molar-refractivity contribution in [3.05, 3.63) is 65.7 Å². The normalized spacial score (nSPS) is 14.7. The van der Waals surface area contributed by atoms with Gasteiger partial charge in [0.15, 0.2) is 5.82 Å². The zero-order valence-electron chi connectivity index (χ0n) is 15.8. The van der Waals surface area contributed by atoms with E-state index in [1.807, 2.05) is 36.4 Å². The first-order valence-electron chi connectivity index (χ1n) is 9.69. The van der Waals surface area contributed by atoms with E-state index in [1.54, 1.807) is 12.4 Å². The predicted octanol–water partition coefficient (Wildman–Crippen LogP) is 2.78. The van der Waals surface area contributed by atoms with Crippen LogP contribution in [0.2, 0.25) is 0 Å². The van der Waals surface area contributed by atoms with E-state index in [2.05, 4.69) is 30.4 Å². The van der Waals surface area contributed by atoms with Gasteiger partial charge in [-0.1, -0.05) is 18.6 Å². The van der Waals surface area contributed by atoms with Gasteiger partial charge in [0, 0.05) is 30.1 Å². The van der Waals surface area contributed by atoms with Crippen LogP contribution < -0.4 is 5.32 Å². The lowest BCUT2D eigenvalue weighted by Crippen LogP contribution is -2.29. The highest BCUT2D eigenvalue weighted by Crippen LogP contribution is 2.14. The van der Waals surface area contributed by atoms with Crippen LogP contribution in [0.5, 0.6) is 0 Å². The van der Waals surface area contributed by atoms with Gasteiger partial charge in [-0.25, -0.2) is 4.98 Å². The molecule has 7 nitrogen and oxygen atoms in total. The number of likely N-dealkylation sites (tertiary alicyclic amines) is 1. The highest BCUT2D eigenvalue weighted by Gasteiger charge is 2.12. The molecule has 1 aliphatic heterocycles. The lowest BCUT2D eigenvalue weighted by Gasteiger charge is -2.26. The van der Waals surface area contributed by atoms with Crippen molar-refractivity contribution in [2.45, 2.75) is 32.4 Å². The van der Waals surface area contributed by atoms with Gasteiger partial charge in [0.1, 0.15) is 5.82 Å². The van der Waals surface area contributed by atoms with E-state index in [4.69, 9.17) is 0 Å². The van der Waals surface area contributed by atoms with Gasteiger partial charge in [0.25, 0.3) is 5.91 Å². The number of hydrogen-bond donors (Lipinski definition) is 2. The summed E-state index contributed by atoms with van der Waals surface area (Å²) in [6.07, 6.45) is 7.30. The van der Waals surface area contributed by atoms with E-state index in [0.29, 0.717) is 23.8 Å². The number of nitrogens with zero attached hydrogens (tertiary/aromatic N) is 4. The average Bonchev–Trinajstić information content (AvgIpc) is 3.23. The molecule has 1 aromatic carbocycles. The number of carbonyl (C=O) groups excluding carboxylic acids is 1. The molecule has 2 aromatic heterocycles. The van der Waals surface area contributed by atoms with Crippen LogP contribution in [0.1, 0.15) is 41.0 Å². The summed E-state index contributed by atoms with van der Waals surface area (Å²) in [5.41, 5.74) is 2.78. The second-order valence-corrected chi connectivity index (χ2v) is 7.06. The highest BCUT2D eigenvalue weighted by molar-refractivity contribution is 5.94. The molecule has 3 heterocycles. The van der Waals surface area contributed by atoms with E-state index in [-0.39, 0.29) is 5.91 Å². The van der Waals surface area contributed by atoms with E-state index >= 15 is 0 Å². The monoisotopic (exact) mass is 376 g/mol. The molecule has 0 unspecified atom stereocenters. The minimum atomic E-state index is -0.119. The van der Waals surface area contributed by atoms with Gasteiger partial charge in [0.2, 0.25) is 0 Å². The molecule has 4 rings (SSSR count). The number of benzene rings is 1. The van der Waals surface area contributed by atoms with Crippen LogP contribution in [-0.4, -0.2) is 44.1 Å². The van der Waals surface area contributed by atoms with Gasteiger partial charge in [-0.05, 0) is 55.8 Å². The number of nitrogens with one attached hydrogen (secondary N) is 2. The molecule has 0 aliphatic carbocycles. The summed E-state index contributed by atoms with van der Waals surface area (Å²) in [4.78, 5) is 23.3. The molecule has 144 valence electrons. The van der Waals surface area contributed by atoms with Gasteiger partial charge in [0.05, 0.1) is 6.54 Å². The smallest absolute Gasteiger partial charge is 0.251 e. The fourth-order valence-corrected chi connectivity index (χ4v) is 3.41. The Balaban J connectivity index is 1.31. The Morgan fingerprint density at radius 1 is 1.04 bits per heavy atom. The lowest BCUT2D eigenvalue weighted by molar-refractivity contribution is 0.0950. The number of aromatic nitrogens is 4. The molecule has 1 saturated heterocycles. The topological polar surface area (TPSA) is 86.8 Å². The van der Waals surface area contributed by atoms with Crippen molar-refractivity contribution in [3.8, 4) is 11.4 Å². The maximum Gasteiger partial charge on any atom is 0.251 e. The molecule has 7 heteroatoms. The fraction of sp³-hybridized carbons (Fsp3) is 0.333. The van der Waals surface area contributed by atoms with E-state index in [9.17, 15) is 4.79 Å². The second-order valence-electron chi connectivity index (χ2n) is 7.06. The molecule has 3 aromatic rings. The number of pyridine rings is 1. The molecule has 1 amide bonds. The average molecular weight is 376 g/mol. The summed E-state index contributed by atoms with van der Waals surface area (Å²) in [6, 6.07) is 11.5. The van der Waals surface area contributed by atoms with Gasteiger partial charge < -0.3 is 5.32 Å². The van der Waals surface area contributed by atoms with Crippen molar-refractivity contribution in [2.24, 2.45) is 0 Å². The highest BCUT2D eigenvalue weighted by atomic mass is 16.1. The molecule has 0 atom stereocenters. The van der Waals surface area contributed by atoms with Crippen LogP contribution in [0.4, 0.5) is 0 Å². The Bertz CT molecular complexity index is 900. The third kappa shape index (κ3) is 4.61. The minimum absolute atomic E-state index is 0.119. The first-order valence-corrected chi connectivity index (χ1v) is 9.69. The second kappa shape index (κ2) is 8.75. The zero-order chi connectivity index (χ0) is 19.2. The van der Waals surface area contributed by atoms with Gasteiger partial charge in [-0.15, -0.1) is 0 Å². The summed E-state index contributed by atoms with van der Waals surface area (Å²) in [5, 5.41) is 9.93. The number of H-pyrrole nitrogens is 1. The standard InChI is InChI=1S/C21H24N6O/c28-21(18-6-4-16(5-7-18)15-27-12-2-1-3-13-27)23-14-19-24-20(26-25-19)17-8-10-22-11-9-17/h4-11H,1-3,12-15H2,(H,23,28)(H,24,25,26). The maximum absolute atomic E-state index is 12.4. The Kier molecular flexibility index (Phi) is 5.72. The van der Waals surface area contributed by atoms with E-state index in [0.717, 1.165) is 12.1 Å². The van der Waals surface area contributed by atoms with Crippen LogP contribution in [0.3, 0.4) is 0 Å². The first kappa shape index (κ1) is 18.3. The predicted molar refractivity (Wildman–Crippen MR) is 106 cm³/mol.